The number of aliphatic carboxylic acids is 1. The summed E-state index contributed by atoms with van der Waals surface area (Å²) < 4.78 is 35.0. The fourth-order valence-corrected chi connectivity index (χ4v) is 2.32. The zero-order valence-electron chi connectivity index (χ0n) is 10.7. The molecule has 0 aromatic heterocycles. The van der Waals surface area contributed by atoms with Crippen LogP contribution >= 0.6 is 0 Å². The Morgan fingerprint density at radius 2 is 2.00 bits per heavy atom. The van der Waals surface area contributed by atoms with E-state index in [0.29, 0.717) is 19.6 Å². The number of methoxy groups -OCH3 is 1. The molecule has 0 saturated heterocycles. The number of carboxylic acid groups (broad SMARTS) is 1. The van der Waals surface area contributed by atoms with Crippen molar-refractivity contribution in [1.82, 2.24) is 4.72 Å². The minimum Gasteiger partial charge on any atom is -0.480 e. The van der Waals surface area contributed by atoms with Crippen molar-refractivity contribution in [3.8, 4) is 0 Å². The molecule has 0 amide bonds. The summed E-state index contributed by atoms with van der Waals surface area (Å²) in [6, 6.07) is -1.07. The Morgan fingerprint density at radius 3 is 2.50 bits per heavy atom. The number of rotatable bonds is 11. The summed E-state index contributed by atoms with van der Waals surface area (Å²) in [5, 5.41) is 8.83. The maximum absolute atomic E-state index is 11.6. The Balaban J connectivity index is 4.08. The number of nitrogens with one attached hydrogen (secondary N) is 1. The van der Waals surface area contributed by atoms with Crippen LogP contribution in [0.3, 0.4) is 0 Å². The Morgan fingerprint density at radius 1 is 1.33 bits per heavy atom. The normalized spacial score (nSPS) is 13.4. The number of hydrogen-bond donors (Lipinski definition) is 2. The van der Waals surface area contributed by atoms with Gasteiger partial charge in [0.1, 0.15) is 6.04 Å². The van der Waals surface area contributed by atoms with Gasteiger partial charge in [-0.05, 0) is 6.42 Å². The van der Waals surface area contributed by atoms with Crippen LogP contribution in [0.5, 0.6) is 0 Å². The van der Waals surface area contributed by atoms with E-state index in [-0.39, 0.29) is 18.8 Å². The highest BCUT2D eigenvalue weighted by molar-refractivity contribution is 7.89. The van der Waals surface area contributed by atoms with E-state index in [4.69, 9.17) is 14.6 Å². The molecular formula is C10H21NO6S. The first-order valence-corrected chi connectivity index (χ1v) is 7.37. The molecule has 0 bridgehead atoms. The highest BCUT2D eigenvalue weighted by Crippen LogP contribution is 2.00. The van der Waals surface area contributed by atoms with Crippen LogP contribution < -0.4 is 4.72 Å². The Labute approximate surface area is 108 Å². The van der Waals surface area contributed by atoms with Crippen LogP contribution in [0, 0.1) is 0 Å². The molecule has 0 aliphatic carbocycles. The average molecular weight is 283 g/mol. The molecule has 0 aromatic carbocycles. The van der Waals surface area contributed by atoms with Gasteiger partial charge in [-0.2, -0.15) is 0 Å². The van der Waals surface area contributed by atoms with Gasteiger partial charge in [0, 0.05) is 7.11 Å². The Kier molecular flexibility index (Phi) is 8.90. The lowest BCUT2D eigenvalue weighted by Crippen LogP contribution is -2.42. The summed E-state index contributed by atoms with van der Waals surface area (Å²) in [5.74, 6) is -1.43. The van der Waals surface area contributed by atoms with Gasteiger partial charge in [0.15, 0.2) is 0 Å². The van der Waals surface area contributed by atoms with Crippen LogP contribution in [-0.4, -0.2) is 58.2 Å². The van der Waals surface area contributed by atoms with Crippen molar-refractivity contribution in [2.75, 3.05) is 32.7 Å². The molecule has 8 heteroatoms. The van der Waals surface area contributed by atoms with Crippen molar-refractivity contribution in [3.05, 3.63) is 0 Å². The molecule has 0 aromatic rings. The molecule has 0 heterocycles. The standard InChI is InChI=1S/C10H21NO6S/c1-3-4-9(10(12)13)11-18(14,15)8-7-17-6-5-16-2/h9,11H,3-8H2,1-2H3,(H,12,13). The predicted molar refractivity (Wildman–Crippen MR) is 65.9 cm³/mol. The van der Waals surface area contributed by atoms with E-state index in [1.165, 1.54) is 7.11 Å². The molecule has 0 aliphatic heterocycles. The molecule has 0 fully saturated rings. The summed E-state index contributed by atoms with van der Waals surface area (Å²) in [6.07, 6.45) is 0.850. The molecule has 0 aliphatic rings. The molecule has 1 unspecified atom stereocenters. The monoisotopic (exact) mass is 283 g/mol. The van der Waals surface area contributed by atoms with E-state index in [0.717, 1.165) is 0 Å². The Bertz CT molecular complexity index is 329. The van der Waals surface area contributed by atoms with Crippen LogP contribution in [0.1, 0.15) is 19.8 Å². The lowest BCUT2D eigenvalue weighted by molar-refractivity contribution is -0.139. The molecule has 0 rings (SSSR count). The van der Waals surface area contributed by atoms with Crippen LogP contribution in [0.25, 0.3) is 0 Å². The van der Waals surface area contributed by atoms with Crippen molar-refractivity contribution in [2.24, 2.45) is 0 Å². The second-order valence-electron chi connectivity index (χ2n) is 3.72. The van der Waals surface area contributed by atoms with Gasteiger partial charge < -0.3 is 14.6 Å². The lowest BCUT2D eigenvalue weighted by atomic mass is 10.2. The maximum atomic E-state index is 11.6. The number of carboxylic acids is 1. The molecule has 1 atom stereocenters. The molecule has 18 heavy (non-hydrogen) atoms. The van der Waals surface area contributed by atoms with Gasteiger partial charge in [-0.25, -0.2) is 13.1 Å². The van der Waals surface area contributed by atoms with E-state index in [1.807, 2.05) is 0 Å². The smallest absolute Gasteiger partial charge is 0.321 e. The van der Waals surface area contributed by atoms with Gasteiger partial charge >= 0.3 is 5.97 Å². The Hall–Kier alpha value is -0.700. The largest absolute Gasteiger partial charge is 0.480 e. The molecule has 108 valence electrons. The topological polar surface area (TPSA) is 102 Å². The van der Waals surface area contributed by atoms with Crippen LogP contribution in [0.2, 0.25) is 0 Å². The highest BCUT2D eigenvalue weighted by atomic mass is 32.2. The van der Waals surface area contributed by atoms with Crippen molar-refractivity contribution in [3.63, 3.8) is 0 Å². The fraction of sp³-hybridized carbons (Fsp3) is 0.900. The van der Waals surface area contributed by atoms with E-state index < -0.39 is 22.0 Å². The van der Waals surface area contributed by atoms with E-state index in [1.54, 1.807) is 6.92 Å². The SMILES string of the molecule is CCCC(NS(=O)(=O)CCOCCOC)C(=O)O. The average Bonchev–Trinajstić information content (AvgIpc) is 2.27. The number of ether oxygens (including phenoxy) is 2. The van der Waals surface area contributed by atoms with E-state index in [2.05, 4.69) is 4.72 Å². The van der Waals surface area contributed by atoms with Crippen molar-refractivity contribution in [1.29, 1.82) is 0 Å². The van der Waals surface area contributed by atoms with Gasteiger partial charge in [-0.15, -0.1) is 0 Å². The van der Waals surface area contributed by atoms with E-state index >= 15 is 0 Å². The molecule has 2 N–H and O–H groups in total. The molecule has 0 radical (unpaired) electrons. The molecular weight excluding hydrogens is 262 g/mol. The second-order valence-corrected chi connectivity index (χ2v) is 5.59. The van der Waals surface area contributed by atoms with Gasteiger partial charge in [-0.1, -0.05) is 13.3 Å². The van der Waals surface area contributed by atoms with Crippen LogP contribution in [-0.2, 0) is 24.3 Å². The summed E-state index contributed by atoms with van der Waals surface area (Å²) >= 11 is 0. The van der Waals surface area contributed by atoms with Crippen molar-refractivity contribution < 1.29 is 27.8 Å². The lowest BCUT2D eigenvalue weighted by Gasteiger charge is -2.13. The zero-order valence-corrected chi connectivity index (χ0v) is 11.5. The first-order valence-electron chi connectivity index (χ1n) is 5.72. The van der Waals surface area contributed by atoms with Gasteiger partial charge in [0.25, 0.3) is 0 Å². The quantitative estimate of drug-likeness (QED) is 0.510. The summed E-state index contributed by atoms with van der Waals surface area (Å²) in [6.45, 7) is 2.50. The van der Waals surface area contributed by atoms with Crippen molar-refractivity contribution in [2.45, 2.75) is 25.8 Å². The second kappa shape index (κ2) is 9.26. The number of sulfonamides is 1. The van der Waals surface area contributed by atoms with Gasteiger partial charge in [0.05, 0.1) is 25.6 Å². The molecule has 0 spiro atoms. The van der Waals surface area contributed by atoms with Gasteiger partial charge in [0.2, 0.25) is 10.0 Å². The molecule has 0 saturated carbocycles. The summed E-state index contributed by atoms with van der Waals surface area (Å²) in [7, 11) is -2.11. The zero-order chi connectivity index (χ0) is 14.0. The van der Waals surface area contributed by atoms with Gasteiger partial charge in [-0.3, -0.25) is 4.79 Å². The highest BCUT2D eigenvalue weighted by Gasteiger charge is 2.22. The van der Waals surface area contributed by atoms with Crippen LogP contribution in [0.15, 0.2) is 0 Å². The third-order valence-corrected chi connectivity index (χ3v) is 3.47. The minimum absolute atomic E-state index is 0.0111. The third kappa shape index (κ3) is 8.40. The summed E-state index contributed by atoms with van der Waals surface area (Å²) in [4.78, 5) is 10.8. The number of carbonyl (C=O) groups is 1. The third-order valence-electron chi connectivity index (χ3n) is 2.13. The molecule has 7 nitrogen and oxygen atoms in total. The maximum Gasteiger partial charge on any atom is 0.321 e. The predicted octanol–water partition coefficient (Wildman–Crippen LogP) is -0.178. The van der Waals surface area contributed by atoms with E-state index in [9.17, 15) is 13.2 Å². The summed E-state index contributed by atoms with van der Waals surface area (Å²) in [5.41, 5.74) is 0. The first kappa shape index (κ1) is 17.3. The van der Waals surface area contributed by atoms with Crippen molar-refractivity contribution >= 4 is 16.0 Å². The fourth-order valence-electron chi connectivity index (χ4n) is 1.21. The minimum atomic E-state index is -3.63. The first-order chi connectivity index (χ1) is 8.43. The number of hydrogen-bond acceptors (Lipinski definition) is 5. The van der Waals surface area contributed by atoms with Crippen LogP contribution in [0.4, 0.5) is 0 Å².